The summed E-state index contributed by atoms with van der Waals surface area (Å²) in [5.41, 5.74) is 8.92. The molecule has 0 amide bonds. The highest BCUT2D eigenvalue weighted by molar-refractivity contribution is 9.10. The molecule has 3 N–H and O–H groups in total. The van der Waals surface area contributed by atoms with Crippen LogP contribution in [0.2, 0.25) is 0 Å². The second-order valence-electron chi connectivity index (χ2n) is 13.1. The van der Waals surface area contributed by atoms with Crippen LogP contribution in [0.15, 0.2) is 117 Å². The summed E-state index contributed by atoms with van der Waals surface area (Å²) in [7, 11) is 2.40. The molecule has 0 aliphatic carbocycles. The third kappa shape index (κ3) is 10.3. The number of pyridine rings is 2. The zero-order valence-corrected chi connectivity index (χ0v) is 36.3. The minimum atomic E-state index is -0.844. The average molecular weight is 943 g/mol. The molecule has 2 aromatic carbocycles. The van der Waals surface area contributed by atoms with E-state index in [1.54, 1.807) is 18.6 Å². The van der Waals surface area contributed by atoms with Crippen LogP contribution in [0.1, 0.15) is 83.3 Å². The summed E-state index contributed by atoms with van der Waals surface area (Å²) in [4.78, 5) is 59.4. The number of carboxylic acid groups (broad SMARTS) is 2. The van der Waals surface area contributed by atoms with Gasteiger partial charge in [0.05, 0.1) is 41.3 Å². The maximum Gasteiger partial charge on any atom is 0.305 e. The maximum absolute atomic E-state index is 11.8. The second-order valence-corrected chi connectivity index (χ2v) is 14.9. The van der Waals surface area contributed by atoms with Crippen LogP contribution in [0, 0.1) is 13.8 Å². The van der Waals surface area contributed by atoms with E-state index < -0.39 is 5.97 Å². The van der Waals surface area contributed by atoms with Crippen LogP contribution in [-0.2, 0) is 19.1 Å². The number of rotatable bonds is 8. The minimum Gasteiger partial charge on any atom is -0.483 e. The summed E-state index contributed by atoms with van der Waals surface area (Å²) < 4.78 is 10.9. The molecule has 6 aromatic rings. The molecule has 60 heavy (non-hydrogen) atoms. The Kier molecular flexibility index (Phi) is 15.9. The maximum atomic E-state index is 11.8. The number of aliphatic hydroxyl groups excluding tert-OH is 1. The molecule has 0 radical (unpaired) electrons. The second kappa shape index (κ2) is 21.2. The molecule has 4 aromatic heterocycles. The largest absolute Gasteiger partial charge is 0.483 e. The van der Waals surface area contributed by atoms with E-state index in [0.717, 1.165) is 84.4 Å². The fourth-order valence-electron chi connectivity index (χ4n) is 6.78. The minimum absolute atomic E-state index is 0.0234. The molecule has 0 saturated heterocycles. The molecule has 0 fully saturated rings. The van der Waals surface area contributed by atoms with E-state index >= 15 is 0 Å². The highest BCUT2D eigenvalue weighted by atomic mass is 79.9. The van der Waals surface area contributed by atoms with E-state index in [0.29, 0.717) is 12.8 Å². The standard InChI is InChI=1S/C21H19BrN4O2.C20H17BrN4O2.CH2O2.CH4O/c1-13-12-24-21-17(7-9-19(27)28-2)25-20(16-5-3-4-10-23-16)15-11-14(22)6-8-18(15)26(13)21;1-12-11-23-20-16(6-8-18(26)27)24-19(15-4-2-3-9-22-15)14-10-13(21)5-7-17(14)25(12)20;2-1-3;1-2/h3-6,8,10-12,17H,7,9H2,1-2H3;2-5,7,9-11,16H,6,8H2,1H3,(H,26,27);1H,(H,2,3);2H,1H3/t17-;16-;;/m00../s1. The quantitative estimate of drug-likeness (QED) is 0.100. The fourth-order valence-corrected chi connectivity index (χ4v) is 7.50. The van der Waals surface area contributed by atoms with Crippen molar-refractivity contribution < 1.29 is 34.4 Å². The molecule has 2 aliphatic rings. The van der Waals surface area contributed by atoms with Gasteiger partial charge in [0.25, 0.3) is 6.47 Å². The Hall–Kier alpha value is -6.17. The van der Waals surface area contributed by atoms with Gasteiger partial charge in [0, 0.05) is 76.2 Å². The molecule has 17 heteroatoms. The van der Waals surface area contributed by atoms with Crippen LogP contribution >= 0.6 is 31.9 Å². The van der Waals surface area contributed by atoms with E-state index in [1.165, 1.54) is 7.11 Å². The van der Waals surface area contributed by atoms with Gasteiger partial charge in [-0.25, -0.2) is 9.97 Å². The molecular weight excluding hydrogens is 900 g/mol. The van der Waals surface area contributed by atoms with Crippen molar-refractivity contribution in [2.24, 2.45) is 9.98 Å². The van der Waals surface area contributed by atoms with E-state index in [4.69, 9.17) is 34.8 Å². The van der Waals surface area contributed by atoms with E-state index in [-0.39, 0.29) is 37.4 Å². The van der Waals surface area contributed by atoms with Crippen LogP contribution in [0.5, 0.6) is 0 Å². The monoisotopic (exact) mass is 940 g/mol. The number of carbonyl (C=O) groups is 3. The molecule has 0 spiro atoms. The molecule has 0 unspecified atom stereocenters. The lowest BCUT2D eigenvalue weighted by atomic mass is 10.0. The van der Waals surface area contributed by atoms with Gasteiger partial charge in [0.1, 0.15) is 23.7 Å². The van der Waals surface area contributed by atoms with Crippen LogP contribution < -0.4 is 0 Å². The van der Waals surface area contributed by atoms with Crippen LogP contribution in [0.4, 0.5) is 0 Å². The summed E-state index contributed by atoms with van der Waals surface area (Å²) >= 11 is 7.13. The van der Waals surface area contributed by atoms with Crippen LogP contribution in [0.25, 0.3) is 11.4 Å². The number of hydrogen-bond donors (Lipinski definition) is 3. The predicted octanol–water partition coefficient (Wildman–Crippen LogP) is 7.59. The van der Waals surface area contributed by atoms with Crippen LogP contribution in [-0.4, -0.2) is 88.4 Å². The predicted molar refractivity (Wildman–Crippen MR) is 232 cm³/mol. The lowest BCUT2D eigenvalue weighted by Crippen LogP contribution is -2.09. The Morgan fingerprint density at radius 3 is 1.53 bits per heavy atom. The normalized spacial score (nSPS) is 14.4. The van der Waals surface area contributed by atoms with Gasteiger partial charge < -0.3 is 20.1 Å². The third-order valence-corrected chi connectivity index (χ3v) is 10.3. The molecule has 8 rings (SSSR count). The lowest BCUT2D eigenvalue weighted by Gasteiger charge is -2.14. The number of aliphatic carboxylic acids is 1. The van der Waals surface area contributed by atoms with Gasteiger partial charge in [0.2, 0.25) is 0 Å². The number of hydrogen-bond acceptors (Lipinski definition) is 11. The van der Waals surface area contributed by atoms with Gasteiger partial charge in [-0.3, -0.25) is 43.5 Å². The summed E-state index contributed by atoms with van der Waals surface area (Å²) in [5, 5.41) is 23.1. The van der Waals surface area contributed by atoms with Crippen molar-refractivity contribution in [2.75, 3.05) is 14.2 Å². The Morgan fingerprint density at radius 1 is 0.717 bits per heavy atom. The van der Waals surface area contributed by atoms with E-state index in [2.05, 4.69) is 73.1 Å². The molecule has 6 heterocycles. The molecule has 0 saturated carbocycles. The Balaban J connectivity index is 0.000000206. The number of imidazole rings is 2. The fraction of sp³-hybridized carbons (Fsp3) is 0.233. The number of ether oxygens (including phenoxy) is 1. The molecular formula is C43H42Br2N8O7. The topological polar surface area (TPSA) is 207 Å². The number of aromatic nitrogens is 6. The highest BCUT2D eigenvalue weighted by Gasteiger charge is 2.30. The van der Waals surface area contributed by atoms with Crippen molar-refractivity contribution in [3.05, 3.63) is 152 Å². The number of fused-ring (bicyclic) bond motifs is 6. The number of methoxy groups -OCH3 is 1. The third-order valence-electron chi connectivity index (χ3n) is 9.30. The zero-order valence-electron chi connectivity index (χ0n) is 33.1. The molecule has 310 valence electrons. The summed E-state index contributed by atoms with van der Waals surface area (Å²) in [6.07, 6.45) is 8.31. The molecule has 2 aliphatic heterocycles. The van der Waals surface area contributed by atoms with Crippen molar-refractivity contribution in [1.29, 1.82) is 0 Å². The van der Waals surface area contributed by atoms with Crippen molar-refractivity contribution in [1.82, 2.24) is 29.1 Å². The van der Waals surface area contributed by atoms with Gasteiger partial charge in [0.15, 0.2) is 0 Å². The van der Waals surface area contributed by atoms with E-state index in [1.807, 2.05) is 80.7 Å². The number of benzene rings is 2. The average Bonchev–Trinajstić information content (AvgIpc) is 3.75. The van der Waals surface area contributed by atoms with E-state index in [9.17, 15) is 9.59 Å². The smallest absolute Gasteiger partial charge is 0.305 e. The van der Waals surface area contributed by atoms with Crippen LogP contribution in [0.3, 0.4) is 0 Å². The SMILES string of the molecule is CO.COC(=O)CC[C@@H]1N=C(c2ccccn2)c2cc(Br)ccc2-n2c(C)cnc21.Cc1cnc2n1-c1ccc(Br)cc1C(c1ccccn1)=N[C@H]2CCC(=O)O.O=CO. The number of nitrogens with zero attached hydrogens (tertiary/aromatic N) is 8. The summed E-state index contributed by atoms with van der Waals surface area (Å²) in [6.45, 7) is 3.76. The summed E-state index contributed by atoms with van der Waals surface area (Å²) in [6, 6.07) is 23.0. The Labute approximate surface area is 362 Å². The zero-order chi connectivity index (χ0) is 43.3. The highest BCUT2D eigenvalue weighted by Crippen LogP contribution is 2.36. The van der Waals surface area contributed by atoms with Crippen molar-refractivity contribution in [2.45, 2.75) is 51.6 Å². The Morgan fingerprint density at radius 2 is 1.15 bits per heavy atom. The Bertz CT molecular complexity index is 2510. The first-order chi connectivity index (χ1) is 29.0. The number of halogens is 2. The van der Waals surface area contributed by atoms with Gasteiger partial charge >= 0.3 is 11.9 Å². The first-order valence-corrected chi connectivity index (χ1v) is 20.1. The number of carbonyl (C=O) groups excluding carboxylic acids is 1. The first-order valence-electron chi connectivity index (χ1n) is 18.5. The number of aryl methyl sites for hydroxylation is 2. The first kappa shape index (κ1) is 44.9. The summed E-state index contributed by atoms with van der Waals surface area (Å²) in [5.74, 6) is 0.469. The van der Waals surface area contributed by atoms with Crippen molar-refractivity contribution >= 4 is 61.7 Å². The number of aliphatic hydroxyl groups is 1. The van der Waals surface area contributed by atoms with Gasteiger partial charge in [-0.05, 0) is 87.4 Å². The van der Waals surface area contributed by atoms with Gasteiger partial charge in [-0.2, -0.15) is 0 Å². The lowest BCUT2D eigenvalue weighted by molar-refractivity contribution is -0.141. The number of esters is 1. The molecule has 0 bridgehead atoms. The van der Waals surface area contributed by atoms with Crippen molar-refractivity contribution in [3.63, 3.8) is 0 Å². The number of carboxylic acids is 1. The number of aliphatic imine (C=N–C) groups is 2. The molecule has 15 nitrogen and oxygen atoms in total. The van der Waals surface area contributed by atoms with Crippen molar-refractivity contribution in [3.8, 4) is 11.4 Å². The molecule has 2 atom stereocenters. The van der Waals surface area contributed by atoms with Gasteiger partial charge in [-0.1, -0.05) is 44.0 Å². The van der Waals surface area contributed by atoms with Gasteiger partial charge in [-0.15, -0.1) is 0 Å².